The van der Waals surface area contributed by atoms with Gasteiger partial charge in [0.25, 0.3) is 0 Å². The Hall–Kier alpha value is -2.09. The Bertz CT molecular complexity index is 585. The van der Waals surface area contributed by atoms with E-state index >= 15 is 0 Å². The third kappa shape index (κ3) is 3.22. The number of hydrogen-bond donors (Lipinski definition) is 0. The van der Waals surface area contributed by atoms with Crippen LogP contribution in [0.15, 0.2) is 35.5 Å². The van der Waals surface area contributed by atoms with Crippen LogP contribution in [0.25, 0.3) is 5.69 Å². The average molecular weight is 280 g/mol. The van der Waals surface area contributed by atoms with Crippen LogP contribution in [-0.2, 0) is 20.3 Å². The second kappa shape index (κ2) is 6.19. The molecule has 0 aliphatic carbocycles. The van der Waals surface area contributed by atoms with Gasteiger partial charge in [-0.1, -0.05) is 23.3 Å². The van der Waals surface area contributed by atoms with Crippen LogP contribution in [0.1, 0.15) is 6.92 Å². The molecule has 0 saturated heterocycles. The molecule has 1 heterocycles. The van der Waals surface area contributed by atoms with Gasteiger partial charge >= 0.3 is 5.97 Å². The maximum atomic E-state index is 12.0. The fourth-order valence-corrected chi connectivity index (χ4v) is 2.32. The van der Waals surface area contributed by atoms with Crippen molar-refractivity contribution in [3.8, 4) is 5.69 Å². The Morgan fingerprint density at radius 3 is 2.79 bits per heavy atom. The smallest absolute Gasteiger partial charge is 0.319 e. The summed E-state index contributed by atoms with van der Waals surface area (Å²) in [5.41, 5.74) is 0.680. The number of esters is 1. The zero-order valence-electron chi connectivity index (χ0n) is 10.2. The number of nitrogens with zero attached hydrogens (tertiary/aromatic N) is 4. The molecular formula is C11H12N4O3S. The normalized spacial score (nSPS) is 12.1. The lowest BCUT2D eigenvalue weighted by Gasteiger charge is -2.04. The van der Waals surface area contributed by atoms with E-state index in [-0.39, 0.29) is 17.5 Å². The number of aromatic nitrogens is 4. The van der Waals surface area contributed by atoms with E-state index in [0.29, 0.717) is 5.69 Å². The van der Waals surface area contributed by atoms with Gasteiger partial charge < -0.3 is 4.74 Å². The van der Waals surface area contributed by atoms with Gasteiger partial charge in [-0.25, -0.2) is 0 Å². The standard InChI is InChI=1S/C11H12N4O3S/c1-2-18-10(16)8-19(17)11-12-13-14-15(11)9-6-4-3-5-7-9/h3-7H,2,8H2,1H3. The van der Waals surface area contributed by atoms with E-state index in [0.717, 1.165) is 0 Å². The zero-order chi connectivity index (χ0) is 13.7. The molecule has 0 spiro atoms. The van der Waals surface area contributed by atoms with E-state index in [4.69, 9.17) is 4.74 Å². The molecule has 7 nitrogen and oxygen atoms in total. The SMILES string of the molecule is CCOC(=O)CS(=O)c1nnnn1-c1ccccc1. The first-order chi connectivity index (χ1) is 9.22. The molecule has 0 amide bonds. The van der Waals surface area contributed by atoms with E-state index in [1.165, 1.54) is 4.68 Å². The summed E-state index contributed by atoms with van der Waals surface area (Å²) >= 11 is 0. The summed E-state index contributed by atoms with van der Waals surface area (Å²) in [7, 11) is -1.64. The zero-order valence-corrected chi connectivity index (χ0v) is 11.0. The number of hydrogen-bond acceptors (Lipinski definition) is 6. The molecule has 2 aromatic rings. The minimum atomic E-state index is -1.64. The van der Waals surface area contributed by atoms with Gasteiger partial charge in [0.1, 0.15) is 16.6 Å². The van der Waals surface area contributed by atoms with E-state index in [9.17, 15) is 9.00 Å². The quantitative estimate of drug-likeness (QED) is 0.734. The lowest BCUT2D eigenvalue weighted by molar-refractivity contribution is -0.139. The summed E-state index contributed by atoms with van der Waals surface area (Å²) in [4.78, 5) is 11.3. The molecule has 0 bridgehead atoms. The van der Waals surface area contributed by atoms with Crippen LogP contribution < -0.4 is 0 Å². The third-order valence-corrected chi connectivity index (χ3v) is 3.36. The van der Waals surface area contributed by atoms with E-state index in [2.05, 4.69) is 15.5 Å². The summed E-state index contributed by atoms with van der Waals surface area (Å²) < 4.78 is 18.1. The van der Waals surface area contributed by atoms with Crippen molar-refractivity contribution in [2.24, 2.45) is 0 Å². The summed E-state index contributed by atoms with van der Waals surface area (Å²) in [6, 6.07) is 9.04. The Morgan fingerprint density at radius 1 is 1.37 bits per heavy atom. The first kappa shape index (κ1) is 13.3. The van der Waals surface area contributed by atoms with Gasteiger partial charge in [0.05, 0.1) is 12.3 Å². The molecule has 8 heteroatoms. The number of para-hydroxylation sites is 1. The van der Waals surface area contributed by atoms with Crippen LogP contribution in [-0.4, -0.2) is 42.7 Å². The van der Waals surface area contributed by atoms with Crippen molar-refractivity contribution in [1.29, 1.82) is 0 Å². The molecule has 0 aliphatic heterocycles. The second-order valence-corrected chi connectivity index (χ2v) is 4.85. The molecule has 19 heavy (non-hydrogen) atoms. The van der Waals surface area contributed by atoms with Crippen molar-refractivity contribution in [1.82, 2.24) is 20.2 Å². The van der Waals surface area contributed by atoms with Crippen molar-refractivity contribution in [2.45, 2.75) is 12.1 Å². The Labute approximate surface area is 112 Å². The van der Waals surface area contributed by atoms with Crippen molar-refractivity contribution in [3.05, 3.63) is 30.3 Å². The molecule has 2 rings (SSSR count). The molecule has 1 aromatic carbocycles. The minimum Gasteiger partial charge on any atom is -0.465 e. The predicted octanol–water partition coefficient (Wildman–Crippen LogP) is 0.333. The van der Waals surface area contributed by atoms with Gasteiger partial charge in [-0.05, 0) is 29.5 Å². The van der Waals surface area contributed by atoms with Crippen LogP contribution in [0.4, 0.5) is 0 Å². The summed E-state index contributed by atoms with van der Waals surface area (Å²) in [6.07, 6.45) is 0. The largest absolute Gasteiger partial charge is 0.465 e. The number of carbonyl (C=O) groups excluding carboxylic acids is 1. The van der Waals surface area contributed by atoms with Crippen molar-refractivity contribution >= 4 is 16.8 Å². The van der Waals surface area contributed by atoms with Gasteiger partial charge in [-0.3, -0.25) is 9.00 Å². The van der Waals surface area contributed by atoms with Gasteiger partial charge in [0, 0.05) is 0 Å². The highest BCUT2D eigenvalue weighted by Crippen LogP contribution is 2.10. The fourth-order valence-electron chi connectivity index (χ4n) is 1.43. The van der Waals surface area contributed by atoms with Crippen LogP contribution >= 0.6 is 0 Å². The van der Waals surface area contributed by atoms with Gasteiger partial charge in [0.2, 0.25) is 5.16 Å². The van der Waals surface area contributed by atoms with E-state index in [1.807, 2.05) is 18.2 Å². The van der Waals surface area contributed by atoms with Crippen molar-refractivity contribution < 1.29 is 13.7 Å². The second-order valence-electron chi connectivity index (χ2n) is 3.50. The van der Waals surface area contributed by atoms with Crippen LogP contribution in [0, 0.1) is 0 Å². The van der Waals surface area contributed by atoms with Gasteiger partial charge in [-0.2, -0.15) is 4.68 Å². The summed E-state index contributed by atoms with van der Waals surface area (Å²) in [6.45, 7) is 1.94. The van der Waals surface area contributed by atoms with Crippen LogP contribution in [0.2, 0.25) is 0 Å². The number of ether oxygens (including phenoxy) is 1. The molecule has 0 fully saturated rings. The summed E-state index contributed by atoms with van der Waals surface area (Å²) in [5.74, 6) is -0.801. The third-order valence-electron chi connectivity index (χ3n) is 2.20. The highest BCUT2D eigenvalue weighted by molar-refractivity contribution is 7.85. The highest BCUT2D eigenvalue weighted by Gasteiger charge is 2.18. The van der Waals surface area contributed by atoms with Gasteiger partial charge in [0.15, 0.2) is 0 Å². The Kier molecular flexibility index (Phi) is 4.35. The summed E-state index contributed by atoms with van der Waals surface area (Å²) in [5, 5.41) is 11.1. The molecule has 0 N–H and O–H groups in total. The van der Waals surface area contributed by atoms with Crippen molar-refractivity contribution in [3.63, 3.8) is 0 Å². The fraction of sp³-hybridized carbons (Fsp3) is 0.273. The van der Waals surface area contributed by atoms with Crippen LogP contribution in [0.3, 0.4) is 0 Å². The molecule has 0 aliphatic rings. The Balaban J connectivity index is 2.20. The van der Waals surface area contributed by atoms with E-state index in [1.54, 1.807) is 19.1 Å². The highest BCUT2D eigenvalue weighted by atomic mass is 32.2. The first-order valence-electron chi connectivity index (χ1n) is 5.60. The topological polar surface area (TPSA) is 87.0 Å². The number of tetrazole rings is 1. The maximum Gasteiger partial charge on any atom is 0.319 e. The van der Waals surface area contributed by atoms with Crippen LogP contribution in [0.5, 0.6) is 0 Å². The van der Waals surface area contributed by atoms with Gasteiger partial charge in [-0.15, -0.1) is 0 Å². The molecule has 0 radical (unpaired) electrons. The molecule has 1 aromatic heterocycles. The predicted molar refractivity (Wildman–Crippen MR) is 67.1 cm³/mol. The lowest BCUT2D eigenvalue weighted by Crippen LogP contribution is -2.17. The lowest BCUT2D eigenvalue weighted by atomic mass is 10.3. The minimum absolute atomic E-state index is 0.124. The first-order valence-corrected chi connectivity index (χ1v) is 6.92. The molecular weight excluding hydrogens is 268 g/mol. The number of benzene rings is 1. The van der Waals surface area contributed by atoms with Crippen molar-refractivity contribution in [2.75, 3.05) is 12.4 Å². The molecule has 0 saturated carbocycles. The van der Waals surface area contributed by atoms with E-state index < -0.39 is 16.8 Å². The molecule has 1 unspecified atom stereocenters. The number of carbonyl (C=O) groups is 1. The maximum absolute atomic E-state index is 12.0. The average Bonchev–Trinajstić information content (AvgIpc) is 2.89. The monoisotopic (exact) mass is 280 g/mol. The molecule has 100 valence electrons. The molecule has 1 atom stereocenters. The number of rotatable bonds is 5. The Morgan fingerprint density at radius 2 is 2.11 bits per heavy atom.